The first-order chi connectivity index (χ1) is 4.91. The van der Waals surface area contributed by atoms with E-state index in [1.165, 1.54) is 25.7 Å². The maximum atomic E-state index is 3.63. The van der Waals surface area contributed by atoms with Crippen LogP contribution in [0.25, 0.3) is 0 Å². The van der Waals surface area contributed by atoms with Gasteiger partial charge in [-0.05, 0) is 13.0 Å². The van der Waals surface area contributed by atoms with E-state index in [0.29, 0.717) is 0 Å². The van der Waals surface area contributed by atoms with Crippen molar-refractivity contribution in [3.63, 3.8) is 0 Å². The highest BCUT2D eigenvalue weighted by Gasteiger charge is 1.85. The van der Waals surface area contributed by atoms with Gasteiger partial charge in [-0.15, -0.1) is 19.0 Å². The Morgan fingerprint density at radius 1 is 1.27 bits per heavy atom. The first-order valence-corrected chi connectivity index (χ1v) is 4.23. The Morgan fingerprint density at radius 2 is 2.00 bits per heavy atom. The van der Waals surface area contributed by atoms with Crippen LogP contribution in [0.4, 0.5) is 0 Å². The van der Waals surface area contributed by atoms with Crippen LogP contribution in [0.5, 0.6) is 0 Å². The van der Waals surface area contributed by atoms with Crippen LogP contribution in [0.1, 0.15) is 32.6 Å². The van der Waals surface area contributed by atoms with Gasteiger partial charge in [0.15, 0.2) is 0 Å². The molecule has 0 fully saturated rings. The van der Waals surface area contributed by atoms with Gasteiger partial charge in [0, 0.05) is 6.54 Å². The van der Waals surface area contributed by atoms with Crippen molar-refractivity contribution in [2.24, 2.45) is 0 Å². The second-order valence-electron chi connectivity index (χ2n) is 2.55. The fourth-order valence-electron chi connectivity index (χ4n) is 0.881. The van der Waals surface area contributed by atoms with Gasteiger partial charge in [-0.25, -0.2) is 0 Å². The number of nitrogens with one attached hydrogen (secondary N) is 1. The molecule has 0 bridgehead atoms. The number of unbranched alkanes of at least 4 members (excludes halogenated alkanes) is 3. The average molecular weight is 178 g/mol. The average Bonchev–Trinajstić information content (AvgIpc) is 1.97. The monoisotopic (exact) mass is 177 g/mol. The van der Waals surface area contributed by atoms with Gasteiger partial charge >= 0.3 is 0 Å². The normalized spacial score (nSPS) is 8.82. The molecule has 0 aromatic heterocycles. The van der Waals surface area contributed by atoms with Gasteiger partial charge < -0.3 is 5.32 Å². The van der Waals surface area contributed by atoms with Crippen molar-refractivity contribution in [1.29, 1.82) is 0 Å². The molecule has 0 aliphatic rings. The number of hydrogen-bond donors (Lipinski definition) is 1. The Hall–Kier alpha value is -0.0100. The van der Waals surface area contributed by atoms with E-state index in [1.54, 1.807) is 0 Å². The molecule has 68 valence electrons. The lowest BCUT2D eigenvalue weighted by Gasteiger charge is -1.99. The third-order valence-corrected chi connectivity index (χ3v) is 1.50. The Morgan fingerprint density at radius 3 is 2.55 bits per heavy atom. The Labute approximate surface area is 76.7 Å². The molecule has 11 heavy (non-hydrogen) atoms. The predicted octanol–water partition coefficient (Wildman–Crippen LogP) is 2.76. The van der Waals surface area contributed by atoms with Crippen LogP contribution in [0.15, 0.2) is 12.7 Å². The first kappa shape index (κ1) is 13.6. The van der Waals surface area contributed by atoms with E-state index in [1.807, 2.05) is 6.08 Å². The van der Waals surface area contributed by atoms with Gasteiger partial charge in [0.25, 0.3) is 0 Å². The van der Waals surface area contributed by atoms with Crippen molar-refractivity contribution in [2.45, 2.75) is 32.6 Å². The topological polar surface area (TPSA) is 12.0 Å². The van der Waals surface area contributed by atoms with Crippen molar-refractivity contribution in [2.75, 3.05) is 13.1 Å². The zero-order valence-corrected chi connectivity index (χ0v) is 8.25. The second-order valence-corrected chi connectivity index (χ2v) is 2.55. The van der Waals surface area contributed by atoms with Crippen LogP contribution in [0.2, 0.25) is 0 Å². The summed E-state index contributed by atoms with van der Waals surface area (Å²) in [6, 6.07) is 0. The molecular weight excluding hydrogens is 158 g/mol. The predicted molar refractivity (Wildman–Crippen MR) is 54.5 cm³/mol. The van der Waals surface area contributed by atoms with Crippen molar-refractivity contribution in [3.8, 4) is 0 Å². The molecule has 0 amide bonds. The molecule has 1 nitrogen and oxygen atoms in total. The maximum Gasteiger partial charge on any atom is 0.0132 e. The van der Waals surface area contributed by atoms with E-state index >= 15 is 0 Å². The molecule has 0 spiro atoms. The molecule has 0 radical (unpaired) electrons. The van der Waals surface area contributed by atoms with Crippen molar-refractivity contribution < 1.29 is 0 Å². The third kappa shape index (κ3) is 13.1. The van der Waals surface area contributed by atoms with Crippen LogP contribution in [-0.2, 0) is 0 Å². The highest BCUT2D eigenvalue weighted by Crippen LogP contribution is 1.96. The van der Waals surface area contributed by atoms with Crippen molar-refractivity contribution in [3.05, 3.63) is 12.7 Å². The number of rotatable bonds is 7. The Kier molecular flexibility index (Phi) is 15.6. The number of halogens is 1. The lowest BCUT2D eigenvalue weighted by atomic mass is 10.2. The summed E-state index contributed by atoms with van der Waals surface area (Å²) in [7, 11) is 0. The molecule has 0 heterocycles. The van der Waals surface area contributed by atoms with Crippen LogP contribution < -0.4 is 5.32 Å². The standard InChI is InChI=1S/C9H19N.ClH/c1-3-5-6-7-9-10-8-4-2;/h4,10H,2-3,5-9H2,1H3;1H. The highest BCUT2D eigenvalue weighted by molar-refractivity contribution is 5.85. The van der Waals surface area contributed by atoms with Crippen LogP contribution in [0.3, 0.4) is 0 Å². The molecule has 0 unspecified atom stereocenters. The second kappa shape index (κ2) is 12.6. The molecule has 0 aromatic rings. The van der Waals surface area contributed by atoms with Gasteiger partial charge in [-0.2, -0.15) is 0 Å². The summed E-state index contributed by atoms with van der Waals surface area (Å²) in [5.74, 6) is 0. The lowest BCUT2D eigenvalue weighted by Crippen LogP contribution is -2.14. The van der Waals surface area contributed by atoms with E-state index in [-0.39, 0.29) is 12.4 Å². The lowest BCUT2D eigenvalue weighted by molar-refractivity contribution is 0.620. The largest absolute Gasteiger partial charge is 0.313 e. The van der Waals surface area contributed by atoms with Crippen molar-refractivity contribution in [1.82, 2.24) is 5.32 Å². The van der Waals surface area contributed by atoms with E-state index in [2.05, 4.69) is 18.8 Å². The molecule has 0 aliphatic heterocycles. The minimum atomic E-state index is 0. The fourth-order valence-corrected chi connectivity index (χ4v) is 0.881. The molecule has 1 N–H and O–H groups in total. The smallest absolute Gasteiger partial charge is 0.0132 e. The molecule has 0 rings (SSSR count). The molecule has 0 saturated carbocycles. The molecule has 0 aromatic carbocycles. The van der Waals surface area contributed by atoms with Gasteiger partial charge in [0.1, 0.15) is 0 Å². The summed E-state index contributed by atoms with van der Waals surface area (Å²) < 4.78 is 0. The summed E-state index contributed by atoms with van der Waals surface area (Å²) in [5, 5.41) is 3.28. The van der Waals surface area contributed by atoms with Crippen LogP contribution in [-0.4, -0.2) is 13.1 Å². The fraction of sp³-hybridized carbons (Fsp3) is 0.778. The quantitative estimate of drug-likeness (QED) is 0.466. The highest BCUT2D eigenvalue weighted by atomic mass is 35.5. The number of hydrogen-bond acceptors (Lipinski definition) is 1. The zero-order chi connectivity index (χ0) is 7.66. The molecule has 0 aliphatic carbocycles. The van der Waals surface area contributed by atoms with Gasteiger partial charge in [-0.3, -0.25) is 0 Å². The van der Waals surface area contributed by atoms with E-state index in [9.17, 15) is 0 Å². The van der Waals surface area contributed by atoms with Crippen LogP contribution in [0, 0.1) is 0 Å². The van der Waals surface area contributed by atoms with E-state index in [4.69, 9.17) is 0 Å². The molecule has 0 atom stereocenters. The van der Waals surface area contributed by atoms with Crippen LogP contribution >= 0.6 is 12.4 Å². The summed E-state index contributed by atoms with van der Waals surface area (Å²) in [5.41, 5.74) is 0. The summed E-state index contributed by atoms with van der Waals surface area (Å²) in [6.07, 6.45) is 7.26. The zero-order valence-electron chi connectivity index (χ0n) is 7.44. The SMILES string of the molecule is C=CCNCCCCCC.Cl. The van der Waals surface area contributed by atoms with Gasteiger partial charge in [0.2, 0.25) is 0 Å². The Balaban J connectivity index is 0. The summed E-state index contributed by atoms with van der Waals surface area (Å²) in [4.78, 5) is 0. The third-order valence-electron chi connectivity index (χ3n) is 1.50. The molecule has 2 heteroatoms. The maximum absolute atomic E-state index is 3.63. The minimum absolute atomic E-state index is 0. The Bertz CT molecular complexity index is 74.0. The summed E-state index contributed by atoms with van der Waals surface area (Å²) in [6.45, 7) is 7.96. The van der Waals surface area contributed by atoms with E-state index < -0.39 is 0 Å². The minimum Gasteiger partial charge on any atom is -0.313 e. The van der Waals surface area contributed by atoms with E-state index in [0.717, 1.165) is 13.1 Å². The molecule has 0 saturated heterocycles. The molecular formula is C9H20ClN. The first-order valence-electron chi connectivity index (χ1n) is 4.23. The summed E-state index contributed by atoms with van der Waals surface area (Å²) >= 11 is 0. The van der Waals surface area contributed by atoms with Gasteiger partial charge in [0.05, 0.1) is 0 Å². The van der Waals surface area contributed by atoms with Gasteiger partial charge in [-0.1, -0.05) is 32.3 Å². The van der Waals surface area contributed by atoms with Crippen molar-refractivity contribution >= 4 is 12.4 Å².